The van der Waals surface area contributed by atoms with Crippen molar-refractivity contribution in [1.29, 1.82) is 0 Å². The van der Waals surface area contributed by atoms with E-state index in [2.05, 4.69) is 5.32 Å². The van der Waals surface area contributed by atoms with Crippen LogP contribution in [0.5, 0.6) is 0 Å². The molecule has 2 rings (SSSR count). The van der Waals surface area contributed by atoms with E-state index in [1.54, 1.807) is 0 Å². The van der Waals surface area contributed by atoms with Crippen molar-refractivity contribution < 1.29 is 15.0 Å². The highest BCUT2D eigenvalue weighted by Gasteiger charge is 2.14. The van der Waals surface area contributed by atoms with Crippen LogP contribution >= 0.6 is 0 Å². The van der Waals surface area contributed by atoms with Gasteiger partial charge >= 0.3 is 0 Å². The van der Waals surface area contributed by atoms with Crippen LogP contribution < -0.4 is 5.32 Å². The van der Waals surface area contributed by atoms with Gasteiger partial charge in [0, 0.05) is 6.42 Å². The minimum atomic E-state index is -0.549. The summed E-state index contributed by atoms with van der Waals surface area (Å²) in [5.41, 5.74) is 1.75. The molecule has 122 valence electrons. The van der Waals surface area contributed by atoms with E-state index in [9.17, 15) is 15.0 Å². The molecule has 0 heterocycles. The lowest BCUT2D eigenvalue weighted by atomic mass is 10.0. The van der Waals surface area contributed by atoms with Crippen LogP contribution in [-0.4, -0.2) is 22.7 Å². The molecule has 0 aromatic heterocycles. The third kappa shape index (κ3) is 5.51. The summed E-state index contributed by atoms with van der Waals surface area (Å²) in [5.74, 6) is -0.117. The molecule has 3 N–H and O–H groups in total. The molecule has 2 aromatic rings. The minimum absolute atomic E-state index is 0.117. The van der Waals surface area contributed by atoms with Gasteiger partial charge in [0.25, 0.3) is 0 Å². The van der Waals surface area contributed by atoms with Crippen molar-refractivity contribution >= 4 is 5.91 Å². The average molecular weight is 313 g/mol. The molecule has 0 saturated heterocycles. The molecule has 0 radical (unpaired) electrons. The van der Waals surface area contributed by atoms with Gasteiger partial charge < -0.3 is 15.5 Å². The summed E-state index contributed by atoms with van der Waals surface area (Å²) in [7, 11) is 0. The molecule has 0 aliphatic rings. The van der Waals surface area contributed by atoms with Crippen LogP contribution in [0.2, 0.25) is 0 Å². The zero-order chi connectivity index (χ0) is 16.5. The molecule has 2 atom stereocenters. The van der Waals surface area contributed by atoms with Crippen LogP contribution in [0.3, 0.4) is 0 Å². The number of hydrogen-bond donors (Lipinski definition) is 3. The largest absolute Gasteiger partial charge is 0.394 e. The Kier molecular flexibility index (Phi) is 6.78. The summed E-state index contributed by atoms with van der Waals surface area (Å²) in [6, 6.07) is 18.4. The SMILES string of the molecule is O=C(CCCC(O)c1ccccc1)N[C@H](CO)c1ccccc1. The molecule has 23 heavy (non-hydrogen) atoms. The van der Waals surface area contributed by atoms with Gasteiger partial charge in [-0.25, -0.2) is 0 Å². The molecule has 0 aliphatic carbocycles. The van der Waals surface area contributed by atoms with E-state index in [1.807, 2.05) is 60.7 Å². The second-order valence-electron chi connectivity index (χ2n) is 5.53. The molecule has 0 bridgehead atoms. The highest BCUT2D eigenvalue weighted by atomic mass is 16.3. The summed E-state index contributed by atoms with van der Waals surface area (Å²) >= 11 is 0. The molecule has 1 unspecified atom stereocenters. The van der Waals surface area contributed by atoms with Crippen molar-refractivity contribution in [1.82, 2.24) is 5.32 Å². The van der Waals surface area contributed by atoms with Crippen molar-refractivity contribution in [2.45, 2.75) is 31.4 Å². The monoisotopic (exact) mass is 313 g/mol. The van der Waals surface area contributed by atoms with Crippen LogP contribution in [0.4, 0.5) is 0 Å². The number of amides is 1. The minimum Gasteiger partial charge on any atom is -0.394 e. The number of carbonyl (C=O) groups excluding carboxylic acids is 1. The van der Waals surface area contributed by atoms with Gasteiger partial charge in [0.2, 0.25) is 5.91 Å². The molecule has 4 nitrogen and oxygen atoms in total. The maximum Gasteiger partial charge on any atom is 0.220 e. The van der Waals surface area contributed by atoms with Gasteiger partial charge in [0.15, 0.2) is 0 Å². The Hall–Kier alpha value is -2.17. The standard InChI is InChI=1S/C19H23NO3/c21-14-17(15-8-3-1-4-9-15)20-19(23)13-7-12-18(22)16-10-5-2-6-11-16/h1-6,8-11,17-18,21-22H,7,12-14H2,(H,20,23)/t17-,18?/m1/s1. The van der Waals surface area contributed by atoms with Gasteiger partial charge in [-0.3, -0.25) is 4.79 Å². The number of benzene rings is 2. The molecular weight excluding hydrogens is 290 g/mol. The van der Waals surface area contributed by atoms with Crippen molar-refractivity contribution in [2.75, 3.05) is 6.61 Å². The van der Waals surface area contributed by atoms with Crippen LogP contribution in [0.1, 0.15) is 42.5 Å². The maximum absolute atomic E-state index is 12.0. The molecule has 0 fully saturated rings. The van der Waals surface area contributed by atoms with Crippen molar-refractivity contribution in [2.24, 2.45) is 0 Å². The van der Waals surface area contributed by atoms with Crippen molar-refractivity contribution in [3.8, 4) is 0 Å². The summed E-state index contributed by atoms with van der Waals surface area (Å²) in [5, 5.41) is 22.3. The molecule has 0 aliphatic heterocycles. The van der Waals surface area contributed by atoms with Crippen molar-refractivity contribution in [3.05, 3.63) is 71.8 Å². The number of aliphatic hydroxyl groups is 2. The van der Waals surface area contributed by atoms with Gasteiger partial charge in [-0.15, -0.1) is 0 Å². The van der Waals surface area contributed by atoms with Gasteiger partial charge in [-0.1, -0.05) is 60.7 Å². The third-order valence-corrected chi connectivity index (χ3v) is 3.79. The average Bonchev–Trinajstić information content (AvgIpc) is 2.61. The lowest BCUT2D eigenvalue weighted by molar-refractivity contribution is -0.122. The Morgan fingerprint density at radius 3 is 2.09 bits per heavy atom. The summed E-state index contributed by atoms with van der Waals surface area (Å²) in [6.45, 7) is -0.137. The van der Waals surface area contributed by atoms with Crippen LogP contribution in [0.25, 0.3) is 0 Å². The van der Waals surface area contributed by atoms with E-state index < -0.39 is 6.10 Å². The van der Waals surface area contributed by atoms with E-state index in [-0.39, 0.29) is 18.6 Å². The second-order valence-corrected chi connectivity index (χ2v) is 5.53. The van der Waals surface area contributed by atoms with E-state index in [0.29, 0.717) is 19.3 Å². The Balaban J connectivity index is 1.76. The summed E-state index contributed by atoms with van der Waals surface area (Å²) < 4.78 is 0. The highest BCUT2D eigenvalue weighted by Crippen LogP contribution is 2.19. The topological polar surface area (TPSA) is 69.6 Å². The zero-order valence-corrected chi connectivity index (χ0v) is 13.1. The number of rotatable bonds is 8. The van der Waals surface area contributed by atoms with Gasteiger partial charge in [0.1, 0.15) is 0 Å². The fourth-order valence-electron chi connectivity index (χ4n) is 2.48. The zero-order valence-electron chi connectivity index (χ0n) is 13.1. The molecule has 0 saturated carbocycles. The summed E-state index contributed by atoms with van der Waals surface area (Å²) in [4.78, 5) is 12.0. The van der Waals surface area contributed by atoms with Crippen LogP contribution in [0.15, 0.2) is 60.7 Å². The first-order valence-corrected chi connectivity index (χ1v) is 7.89. The van der Waals surface area contributed by atoms with Crippen LogP contribution in [-0.2, 0) is 4.79 Å². The number of nitrogens with one attached hydrogen (secondary N) is 1. The van der Waals surface area contributed by atoms with Crippen molar-refractivity contribution in [3.63, 3.8) is 0 Å². The van der Waals surface area contributed by atoms with Gasteiger partial charge in [0.05, 0.1) is 18.8 Å². The normalized spacial score (nSPS) is 13.3. The van der Waals surface area contributed by atoms with Crippen LogP contribution in [0, 0.1) is 0 Å². The Morgan fingerprint density at radius 2 is 1.52 bits per heavy atom. The van der Waals surface area contributed by atoms with E-state index in [4.69, 9.17) is 0 Å². The van der Waals surface area contributed by atoms with Gasteiger partial charge in [-0.05, 0) is 24.0 Å². The number of hydrogen-bond acceptors (Lipinski definition) is 3. The van der Waals surface area contributed by atoms with E-state index in [0.717, 1.165) is 11.1 Å². The predicted molar refractivity (Wildman–Crippen MR) is 89.7 cm³/mol. The summed E-state index contributed by atoms with van der Waals surface area (Å²) in [6.07, 6.45) is 0.904. The van der Waals surface area contributed by atoms with E-state index in [1.165, 1.54) is 0 Å². The Bertz CT molecular complexity index is 586. The first-order valence-electron chi connectivity index (χ1n) is 7.89. The lowest BCUT2D eigenvalue weighted by Gasteiger charge is -2.17. The first-order chi connectivity index (χ1) is 11.2. The first kappa shape index (κ1) is 17.2. The quantitative estimate of drug-likeness (QED) is 0.702. The molecule has 4 heteroatoms. The Morgan fingerprint density at radius 1 is 0.957 bits per heavy atom. The Labute approximate surface area is 136 Å². The molecule has 2 aromatic carbocycles. The van der Waals surface area contributed by atoms with Gasteiger partial charge in [-0.2, -0.15) is 0 Å². The second kappa shape index (κ2) is 9.08. The lowest BCUT2D eigenvalue weighted by Crippen LogP contribution is -2.30. The molecular formula is C19H23NO3. The fraction of sp³-hybridized carbons (Fsp3) is 0.316. The smallest absolute Gasteiger partial charge is 0.220 e. The molecule has 0 spiro atoms. The third-order valence-electron chi connectivity index (χ3n) is 3.79. The fourth-order valence-corrected chi connectivity index (χ4v) is 2.48. The molecule has 1 amide bonds. The predicted octanol–water partition coefficient (Wildman–Crippen LogP) is 2.74. The number of carbonyl (C=O) groups is 1. The highest BCUT2D eigenvalue weighted by molar-refractivity contribution is 5.76. The maximum atomic E-state index is 12.0. The number of aliphatic hydroxyl groups excluding tert-OH is 2. The van der Waals surface area contributed by atoms with E-state index >= 15 is 0 Å².